The van der Waals surface area contributed by atoms with Gasteiger partial charge in [0.15, 0.2) is 0 Å². The molecule has 0 aliphatic carbocycles. The summed E-state index contributed by atoms with van der Waals surface area (Å²) >= 11 is 4.51. The number of non-ortho nitro benzene ring substituents is 2. The van der Waals surface area contributed by atoms with Crippen LogP contribution >= 0.6 is 12.6 Å². The number of ether oxygens (including phenoxy) is 2. The number of amides is 3. The van der Waals surface area contributed by atoms with Gasteiger partial charge in [0, 0.05) is 60.9 Å². The Balaban J connectivity index is 1.31. The highest BCUT2D eigenvalue weighted by atomic mass is 32.1. The number of rotatable bonds is 10. The Bertz CT molecular complexity index is 1450. The molecule has 0 aromatic heterocycles. The van der Waals surface area contributed by atoms with Crippen LogP contribution in [0.3, 0.4) is 0 Å². The van der Waals surface area contributed by atoms with Crippen molar-refractivity contribution in [2.75, 3.05) is 26.7 Å². The normalized spacial score (nSPS) is 20.5. The van der Waals surface area contributed by atoms with Crippen molar-refractivity contribution < 1.29 is 33.7 Å². The molecule has 15 nitrogen and oxygen atoms in total. The number of carbonyl (C=O) groups is 3. The molecular weight excluding hydrogens is 608 g/mol. The summed E-state index contributed by atoms with van der Waals surface area (Å²) in [6, 6.07) is 10.3. The van der Waals surface area contributed by atoms with Crippen LogP contribution in [0.25, 0.3) is 0 Å². The Morgan fingerprint density at radius 1 is 0.978 bits per heavy atom. The molecule has 1 unspecified atom stereocenters. The molecule has 4 atom stereocenters. The minimum Gasteiger partial charge on any atom is -0.445 e. The SMILES string of the molecule is CNC(C(C)=NC(=O)OCc1ccc([N+](=O)[O-])cc1)[C@@H]1CCN(C(=O)[C@@H]2C[C@H](S)CN2C(=O)OCc2ccc([N+](=O)[O-])cc2)C1. The van der Waals surface area contributed by atoms with Crippen molar-refractivity contribution in [3.8, 4) is 0 Å². The maximum Gasteiger partial charge on any atom is 0.433 e. The van der Waals surface area contributed by atoms with E-state index in [1.165, 1.54) is 53.4 Å². The molecular formula is C29H34N6O9S. The van der Waals surface area contributed by atoms with E-state index in [1.54, 1.807) is 18.9 Å². The van der Waals surface area contributed by atoms with Gasteiger partial charge in [-0.1, -0.05) is 0 Å². The molecule has 2 saturated heterocycles. The number of benzene rings is 2. The fourth-order valence-electron chi connectivity index (χ4n) is 5.55. The van der Waals surface area contributed by atoms with Crippen LogP contribution in [0.15, 0.2) is 53.5 Å². The van der Waals surface area contributed by atoms with Gasteiger partial charge in [-0.05, 0) is 68.1 Å². The van der Waals surface area contributed by atoms with Crippen LogP contribution in [0.2, 0.25) is 0 Å². The first-order valence-electron chi connectivity index (χ1n) is 14.2. The van der Waals surface area contributed by atoms with Gasteiger partial charge in [0.1, 0.15) is 19.3 Å². The quantitative estimate of drug-likeness (QED) is 0.167. The van der Waals surface area contributed by atoms with E-state index in [2.05, 4.69) is 22.9 Å². The second-order valence-electron chi connectivity index (χ2n) is 10.9. The van der Waals surface area contributed by atoms with E-state index >= 15 is 0 Å². The van der Waals surface area contributed by atoms with E-state index in [0.717, 1.165) is 0 Å². The molecule has 16 heteroatoms. The maximum atomic E-state index is 13.6. The topological polar surface area (TPSA) is 187 Å². The summed E-state index contributed by atoms with van der Waals surface area (Å²) in [5.41, 5.74) is 1.50. The lowest BCUT2D eigenvalue weighted by Crippen LogP contribution is -2.48. The second-order valence-corrected chi connectivity index (χ2v) is 11.6. The van der Waals surface area contributed by atoms with Crippen molar-refractivity contribution in [3.05, 3.63) is 79.9 Å². The number of aliphatic imine (C=N–C) groups is 1. The smallest absolute Gasteiger partial charge is 0.433 e. The predicted octanol–water partition coefficient (Wildman–Crippen LogP) is 3.75. The van der Waals surface area contributed by atoms with Crippen molar-refractivity contribution in [2.24, 2.45) is 10.9 Å². The van der Waals surface area contributed by atoms with E-state index in [9.17, 15) is 34.6 Å². The average Bonchev–Trinajstić information content (AvgIpc) is 3.66. The number of thiol groups is 1. The van der Waals surface area contributed by atoms with Crippen LogP contribution < -0.4 is 5.32 Å². The third-order valence-electron chi connectivity index (χ3n) is 7.85. The van der Waals surface area contributed by atoms with Gasteiger partial charge in [-0.25, -0.2) is 9.59 Å². The maximum absolute atomic E-state index is 13.6. The minimum atomic E-state index is -0.800. The average molecular weight is 643 g/mol. The molecule has 2 heterocycles. The van der Waals surface area contributed by atoms with Crippen molar-refractivity contribution in [1.82, 2.24) is 15.1 Å². The van der Waals surface area contributed by atoms with Gasteiger partial charge in [-0.15, -0.1) is 0 Å². The first kappa shape index (κ1) is 33.3. The van der Waals surface area contributed by atoms with Crippen LogP contribution in [-0.2, 0) is 27.5 Å². The summed E-state index contributed by atoms with van der Waals surface area (Å²) in [7, 11) is 1.74. The number of nitro groups is 2. The number of nitro benzene ring substituents is 2. The van der Waals surface area contributed by atoms with E-state index in [4.69, 9.17) is 9.47 Å². The standard InChI is InChI=1S/C29H34N6O9S/c1-18(31-28(37)43-16-19-3-7-22(8-4-19)34(39)40)26(30-2)21-11-12-32(14-21)27(36)25-13-24(45)15-33(25)29(38)44-17-20-5-9-23(10-6-20)35(41)42/h3-10,21,24-26,30,45H,11-17H2,1-2H3/t21-,24+,25+,26?/m1/s1. The number of likely N-dealkylation sites (tertiary alicyclic amines) is 2. The lowest BCUT2D eigenvalue weighted by molar-refractivity contribution is -0.385. The Morgan fingerprint density at radius 3 is 2.07 bits per heavy atom. The highest BCUT2D eigenvalue weighted by molar-refractivity contribution is 7.81. The lowest BCUT2D eigenvalue weighted by atomic mass is 9.95. The van der Waals surface area contributed by atoms with E-state index < -0.39 is 28.1 Å². The molecule has 2 aromatic carbocycles. The van der Waals surface area contributed by atoms with Gasteiger partial charge in [0.25, 0.3) is 11.4 Å². The highest BCUT2D eigenvalue weighted by Crippen LogP contribution is 2.28. The molecule has 1 N–H and O–H groups in total. The molecule has 4 rings (SSSR count). The van der Waals surface area contributed by atoms with Crippen molar-refractivity contribution in [3.63, 3.8) is 0 Å². The second kappa shape index (κ2) is 14.9. The first-order valence-corrected chi connectivity index (χ1v) is 14.7. The molecule has 0 bridgehead atoms. The molecule has 0 spiro atoms. The summed E-state index contributed by atoms with van der Waals surface area (Å²) < 4.78 is 10.6. The van der Waals surface area contributed by atoms with Crippen molar-refractivity contribution in [1.29, 1.82) is 0 Å². The summed E-state index contributed by atoms with van der Waals surface area (Å²) in [5, 5.41) is 24.6. The van der Waals surface area contributed by atoms with Crippen LogP contribution in [0.5, 0.6) is 0 Å². The lowest BCUT2D eigenvalue weighted by Gasteiger charge is -2.28. The summed E-state index contributed by atoms with van der Waals surface area (Å²) in [4.78, 5) is 66.7. The largest absolute Gasteiger partial charge is 0.445 e. The van der Waals surface area contributed by atoms with Gasteiger partial charge >= 0.3 is 12.2 Å². The Hall–Kier alpha value is -4.57. The molecule has 2 aromatic rings. The van der Waals surface area contributed by atoms with Gasteiger partial charge in [-0.2, -0.15) is 17.6 Å². The molecule has 2 fully saturated rings. The van der Waals surface area contributed by atoms with Crippen molar-refractivity contribution in [2.45, 2.75) is 50.3 Å². The van der Waals surface area contributed by atoms with Gasteiger partial charge < -0.3 is 19.7 Å². The summed E-state index contributed by atoms with van der Waals surface area (Å²) in [5.74, 6) is -0.269. The molecule has 45 heavy (non-hydrogen) atoms. The number of nitrogens with zero attached hydrogens (tertiary/aromatic N) is 5. The van der Waals surface area contributed by atoms with Crippen LogP contribution in [-0.4, -0.2) is 87.5 Å². The number of nitrogens with one attached hydrogen (secondary N) is 1. The molecule has 240 valence electrons. The van der Waals surface area contributed by atoms with E-state index in [1.807, 2.05) is 0 Å². The fraction of sp³-hybridized carbons (Fsp3) is 0.448. The molecule has 3 amide bonds. The molecule has 2 aliphatic rings. The van der Waals surface area contributed by atoms with E-state index in [-0.39, 0.29) is 54.3 Å². The van der Waals surface area contributed by atoms with Gasteiger partial charge in [-0.3, -0.25) is 29.9 Å². The Kier molecular flexibility index (Phi) is 11.1. The zero-order valence-electron chi connectivity index (χ0n) is 24.7. The monoisotopic (exact) mass is 642 g/mol. The van der Waals surface area contributed by atoms with Gasteiger partial charge in [0.05, 0.1) is 9.85 Å². The van der Waals surface area contributed by atoms with Crippen molar-refractivity contribution >= 4 is 47.8 Å². The molecule has 2 aliphatic heterocycles. The zero-order valence-corrected chi connectivity index (χ0v) is 25.6. The minimum absolute atomic E-state index is 0.0547. The molecule has 0 radical (unpaired) electrons. The number of hydrogen-bond acceptors (Lipinski definition) is 11. The number of carbonyl (C=O) groups excluding carboxylic acids is 3. The third kappa shape index (κ3) is 8.54. The zero-order chi connectivity index (χ0) is 32.7. The Labute approximate surface area is 264 Å². The number of hydrogen-bond donors (Lipinski definition) is 2. The fourth-order valence-corrected chi connectivity index (χ4v) is 5.93. The van der Waals surface area contributed by atoms with Crippen LogP contribution in [0.1, 0.15) is 30.9 Å². The highest BCUT2D eigenvalue weighted by Gasteiger charge is 2.43. The molecule has 0 saturated carbocycles. The third-order valence-corrected chi connectivity index (χ3v) is 8.23. The summed E-state index contributed by atoms with van der Waals surface area (Å²) in [6.07, 6.45) is -0.455. The predicted molar refractivity (Wildman–Crippen MR) is 165 cm³/mol. The Morgan fingerprint density at radius 2 is 1.53 bits per heavy atom. The summed E-state index contributed by atoms with van der Waals surface area (Å²) in [6.45, 7) is 2.58. The van der Waals surface area contributed by atoms with Crippen LogP contribution in [0, 0.1) is 26.1 Å². The van der Waals surface area contributed by atoms with Gasteiger partial charge in [0.2, 0.25) is 5.91 Å². The first-order chi connectivity index (χ1) is 21.5. The van der Waals surface area contributed by atoms with E-state index in [0.29, 0.717) is 42.8 Å². The van der Waals surface area contributed by atoms with Crippen LogP contribution in [0.4, 0.5) is 21.0 Å².